The molecule has 28 heavy (non-hydrogen) atoms. The highest BCUT2D eigenvalue weighted by molar-refractivity contribution is 9.10. The number of halogens is 1. The van der Waals surface area contributed by atoms with Crippen molar-refractivity contribution < 1.29 is 9.31 Å². The molecule has 1 heterocycles. The van der Waals surface area contributed by atoms with Gasteiger partial charge in [0, 0.05) is 4.47 Å². The topological polar surface area (TPSA) is 18.5 Å². The van der Waals surface area contributed by atoms with E-state index in [-0.39, 0.29) is 18.3 Å². The molecular formula is C24H30BBrO2. The van der Waals surface area contributed by atoms with Crippen molar-refractivity contribution in [2.45, 2.75) is 76.4 Å². The number of rotatable bonds is 3. The van der Waals surface area contributed by atoms with E-state index in [0.29, 0.717) is 0 Å². The van der Waals surface area contributed by atoms with Gasteiger partial charge in [-0.15, -0.1) is 0 Å². The molecule has 148 valence electrons. The second-order valence-electron chi connectivity index (χ2n) is 9.29. The van der Waals surface area contributed by atoms with Crippen molar-refractivity contribution in [3.05, 3.63) is 64.1 Å². The first kappa shape index (κ1) is 20.2. The molecule has 5 rings (SSSR count). The largest absolute Gasteiger partial charge is 0.495 e. The first-order valence-corrected chi connectivity index (χ1v) is 11.3. The Labute approximate surface area is 178 Å². The van der Waals surface area contributed by atoms with Gasteiger partial charge in [0.05, 0.1) is 11.2 Å². The Morgan fingerprint density at radius 3 is 1.75 bits per heavy atom. The zero-order valence-corrected chi connectivity index (χ0v) is 19.0. The average Bonchev–Trinajstić information content (AvgIpc) is 3.55. The first-order valence-electron chi connectivity index (χ1n) is 10.5. The predicted octanol–water partition coefficient (Wildman–Crippen LogP) is 6.19. The number of hydrogen-bond donors (Lipinski definition) is 0. The van der Waals surface area contributed by atoms with Gasteiger partial charge in [-0.1, -0.05) is 58.4 Å². The molecule has 0 spiro atoms. The highest BCUT2D eigenvalue weighted by Crippen LogP contribution is 2.43. The maximum atomic E-state index is 6.15. The molecule has 0 bridgehead atoms. The minimum absolute atomic E-state index is 0.216. The fourth-order valence-electron chi connectivity index (χ4n) is 3.66. The van der Waals surface area contributed by atoms with Crippen LogP contribution in [0, 0.1) is 0 Å². The van der Waals surface area contributed by atoms with Crippen LogP contribution in [-0.4, -0.2) is 18.3 Å². The Hall–Kier alpha value is -1.10. The number of hydrogen-bond acceptors (Lipinski definition) is 2. The third kappa shape index (κ3) is 4.24. The average molecular weight is 441 g/mol. The van der Waals surface area contributed by atoms with Crippen LogP contribution in [-0.2, 0) is 9.31 Å². The summed E-state index contributed by atoms with van der Waals surface area (Å²) >= 11 is 3.54. The van der Waals surface area contributed by atoms with Gasteiger partial charge in [-0.2, -0.15) is 0 Å². The molecule has 0 unspecified atom stereocenters. The maximum absolute atomic E-state index is 6.15. The summed E-state index contributed by atoms with van der Waals surface area (Å²) in [6, 6.07) is 17.1. The van der Waals surface area contributed by atoms with Crippen LogP contribution in [0.4, 0.5) is 0 Å². The van der Waals surface area contributed by atoms with Gasteiger partial charge in [-0.3, -0.25) is 0 Å². The lowest BCUT2D eigenvalue weighted by Gasteiger charge is -2.32. The molecule has 2 aromatic rings. The molecular weight excluding hydrogens is 411 g/mol. The molecule has 0 N–H and O–H groups in total. The SMILES string of the molecule is Brc1ccccc1C1CC1.CC1(C)OB(c2ccccc2C2CC2)OC1(C)C. The molecule has 3 aliphatic rings. The highest BCUT2D eigenvalue weighted by atomic mass is 79.9. The second-order valence-corrected chi connectivity index (χ2v) is 10.1. The molecule has 0 radical (unpaired) electrons. The van der Waals surface area contributed by atoms with Crippen molar-refractivity contribution in [2.24, 2.45) is 0 Å². The third-order valence-corrected chi connectivity index (χ3v) is 7.16. The van der Waals surface area contributed by atoms with Gasteiger partial charge in [0.1, 0.15) is 0 Å². The highest BCUT2D eigenvalue weighted by Gasteiger charge is 2.52. The van der Waals surface area contributed by atoms with Gasteiger partial charge in [-0.25, -0.2) is 0 Å². The minimum atomic E-state index is -0.256. The van der Waals surface area contributed by atoms with E-state index >= 15 is 0 Å². The lowest BCUT2D eigenvalue weighted by atomic mass is 9.75. The van der Waals surface area contributed by atoms with Crippen molar-refractivity contribution in [1.82, 2.24) is 0 Å². The Morgan fingerprint density at radius 1 is 0.750 bits per heavy atom. The second kappa shape index (κ2) is 7.62. The van der Waals surface area contributed by atoms with E-state index in [1.165, 1.54) is 46.7 Å². The van der Waals surface area contributed by atoms with Gasteiger partial charge < -0.3 is 9.31 Å². The van der Waals surface area contributed by atoms with Gasteiger partial charge in [-0.05, 0) is 87.9 Å². The Kier molecular flexibility index (Phi) is 5.50. The van der Waals surface area contributed by atoms with E-state index in [2.05, 4.69) is 92.2 Å². The standard InChI is InChI=1S/C15H21BO2.C9H9Br/c1-14(2)15(3,4)18-16(17-14)13-8-6-5-7-12(13)11-9-10-11;10-9-4-2-1-3-8(9)7-5-6-7/h5-8,11H,9-10H2,1-4H3;1-4,7H,5-6H2. The summed E-state index contributed by atoms with van der Waals surface area (Å²) in [6.07, 6.45) is 5.36. The van der Waals surface area contributed by atoms with Gasteiger partial charge in [0.15, 0.2) is 0 Å². The van der Waals surface area contributed by atoms with Gasteiger partial charge in [0.2, 0.25) is 0 Å². The van der Waals surface area contributed by atoms with E-state index < -0.39 is 0 Å². The van der Waals surface area contributed by atoms with Crippen LogP contribution in [0.1, 0.15) is 76.3 Å². The van der Waals surface area contributed by atoms with Crippen LogP contribution >= 0.6 is 15.9 Å². The fourth-order valence-corrected chi connectivity index (χ4v) is 4.27. The molecule has 1 saturated heterocycles. The summed E-state index contributed by atoms with van der Waals surface area (Å²) < 4.78 is 13.6. The summed E-state index contributed by atoms with van der Waals surface area (Å²) in [7, 11) is -0.216. The van der Waals surface area contributed by atoms with Crippen LogP contribution in [0.15, 0.2) is 53.0 Å². The van der Waals surface area contributed by atoms with E-state index in [0.717, 1.165) is 11.8 Å². The van der Waals surface area contributed by atoms with E-state index in [4.69, 9.17) is 9.31 Å². The molecule has 2 aromatic carbocycles. The summed E-state index contributed by atoms with van der Waals surface area (Å²) in [5, 5.41) is 0. The minimum Gasteiger partial charge on any atom is -0.399 e. The van der Waals surface area contributed by atoms with Crippen LogP contribution < -0.4 is 5.46 Å². The lowest BCUT2D eigenvalue weighted by molar-refractivity contribution is 0.00578. The Balaban J connectivity index is 0.000000162. The summed E-state index contributed by atoms with van der Waals surface area (Å²) in [4.78, 5) is 0. The maximum Gasteiger partial charge on any atom is 0.495 e. The molecule has 0 aromatic heterocycles. The third-order valence-electron chi connectivity index (χ3n) is 6.44. The zero-order chi connectivity index (χ0) is 19.9. The van der Waals surface area contributed by atoms with Gasteiger partial charge in [0.25, 0.3) is 0 Å². The normalized spacial score (nSPS) is 22.5. The molecule has 3 fully saturated rings. The van der Waals surface area contributed by atoms with Crippen molar-refractivity contribution in [3.8, 4) is 0 Å². The smallest absolute Gasteiger partial charge is 0.399 e. The molecule has 2 nitrogen and oxygen atoms in total. The predicted molar refractivity (Wildman–Crippen MR) is 120 cm³/mol. The Morgan fingerprint density at radius 2 is 1.21 bits per heavy atom. The molecule has 1 aliphatic heterocycles. The number of benzene rings is 2. The molecule has 0 amide bonds. The summed E-state index contributed by atoms with van der Waals surface area (Å²) in [5.74, 6) is 1.58. The molecule has 4 heteroatoms. The van der Waals surface area contributed by atoms with Crippen LogP contribution in [0.2, 0.25) is 0 Å². The van der Waals surface area contributed by atoms with Crippen molar-refractivity contribution >= 4 is 28.5 Å². The summed E-state index contributed by atoms with van der Waals surface area (Å²) in [5.41, 5.74) is 3.61. The van der Waals surface area contributed by atoms with Crippen molar-refractivity contribution in [3.63, 3.8) is 0 Å². The van der Waals surface area contributed by atoms with E-state index in [1.807, 2.05) is 0 Å². The lowest BCUT2D eigenvalue weighted by Crippen LogP contribution is -2.41. The zero-order valence-electron chi connectivity index (χ0n) is 17.4. The van der Waals surface area contributed by atoms with Crippen LogP contribution in [0.5, 0.6) is 0 Å². The quantitative estimate of drug-likeness (QED) is 0.529. The fraction of sp³-hybridized carbons (Fsp3) is 0.500. The molecule has 0 atom stereocenters. The molecule has 2 saturated carbocycles. The van der Waals surface area contributed by atoms with Crippen LogP contribution in [0.3, 0.4) is 0 Å². The Bertz CT molecular complexity index is 824. The molecule has 2 aliphatic carbocycles. The van der Waals surface area contributed by atoms with Crippen molar-refractivity contribution in [1.29, 1.82) is 0 Å². The van der Waals surface area contributed by atoms with Crippen molar-refractivity contribution in [2.75, 3.05) is 0 Å². The van der Waals surface area contributed by atoms with E-state index in [9.17, 15) is 0 Å². The van der Waals surface area contributed by atoms with Crippen LogP contribution in [0.25, 0.3) is 0 Å². The van der Waals surface area contributed by atoms with Gasteiger partial charge >= 0.3 is 7.12 Å². The first-order chi connectivity index (χ1) is 13.3. The van der Waals surface area contributed by atoms with E-state index in [1.54, 1.807) is 0 Å². The summed E-state index contributed by atoms with van der Waals surface area (Å²) in [6.45, 7) is 8.42. The monoisotopic (exact) mass is 440 g/mol.